The van der Waals surface area contributed by atoms with Crippen molar-refractivity contribution in [2.45, 2.75) is 26.3 Å². The van der Waals surface area contributed by atoms with Gasteiger partial charge in [0.2, 0.25) is 5.95 Å². The summed E-state index contributed by atoms with van der Waals surface area (Å²) >= 11 is 0. The van der Waals surface area contributed by atoms with Crippen LogP contribution >= 0.6 is 0 Å². The Morgan fingerprint density at radius 1 is 0.939 bits per heavy atom. The summed E-state index contributed by atoms with van der Waals surface area (Å²) in [6.45, 7) is 4.90. The summed E-state index contributed by atoms with van der Waals surface area (Å²) in [7, 11) is 0. The molecule has 0 radical (unpaired) electrons. The van der Waals surface area contributed by atoms with Gasteiger partial charge in [-0.05, 0) is 35.2 Å². The number of fused-ring (bicyclic) bond motifs is 1. The van der Waals surface area contributed by atoms with Crippen molar-refractivity contribution in [3.63, 3.8) is 0 Å². The molecule has 2 aromatic carbocycles. The van der Waals surface area contributed by atoms with Gasteiger partial charge in [0.1, 0.15) is 5.82 Å². The number of anilines is 2. The fourth-order valence-electron chi connectivity index (χ4n) is 3.78. The van der Waals surface area contributed by atoms with E-state index in [1.807, 2.05) is 60.8 Å². The second-order valence-corrected chi connectivity index (χ2v) is 8.22. The molecule has 5 aromatic rings. The average Bonchev–Trinajstić information content (AvgIpc) is 3.19. The first kappa shape index (κ1) is 20.6. The lowest BCUT2D eigenvalue weighted by Gasteiger charge is -2.09. The fourth-order valence-corrected chi connectivity index (χ4v) is 3.78. The molecule has 0 atom stereocenters. The van der Waals surface area contributed by atoms with E-state index >= 15 is 0 Å². The third-order valence-electron chi connectivity index (χ3n) is 5.59. The number of nitrogens with two attached hydrogens (primary N) is 1. The number of benzene rings is 2. The van der Waals surface area contributed by atoms with Gasteiger partial charge in [-0.25, -0.2) is 9.67 Å². The zero-order valence-electron chi connectivity index (χ0n) is 18.6. The lowest BCUT2D eigenvalue weighted by Crippen LogP contribution is -2.05. The van der Waals surface area contributed by atoms with Gasteiger partial charge in [0.15, 0.2) is 5.65 Å². The lowest BCUT2D eigenvalue weighted by molar-refractivity contribution is 0.858. The van der Waals surface area contributed by atoms with Crippen LogP contribution in [-0.4, -0.2) is 24.7 Å². The maximum Gasteiger partial charge on any atom is 0.225 e. The Hall–Kier alpha value is -4.26. The van der Waals surface area contributed by atoms with Gasteiger partial charge in [-0.2, -0.15) is 4.98 Å². The lowest BCUT2D eigenvalue weighted by atomic mass is 10.0. The van der Waals surface area contributed by atoms with Crippen molar-refractivity contribution in [3.8, 4) is 16.9 Å². The Labute approximate surface area is 192 Å². The Morgan fingerprint density at radius 3 is 2.42 bits per heavy atom. The summed E-state index contributed by atoms with van der Waals surface area (Å²) in [6, 6.07) is 22.2. The molecule has 0 aliphatic heterocycles. The minimum absolute atomic E-state index is 0.456. The summed E-state index contributed by atoms with van der Waals surface area (Å²) in [5.41, 5.74) is 12.1. The molecule has 33 heavy (non-hydrogen) atoms. The van der Waals surface area contributed by atoms with Gasteiger partial charge < -0.3 is 11.1 Å². The summed E-state index contributed by atoms with van der Waals surface area (Å²) in [4.78, 5) is 13.7. The maximum atomic E-state index is 6.61. The van der Waals surface area contributed by atoms with Crippen LogP contribution in [0.25, 0.3) is 28.0 Å². The molecule has 0 bridgehead atoms. The van der Waals surface area contributed by atoms with Crippen molar-refractivity contribution >= 4 is 22.8 Å². The molecule has 5 rings (SSSR count). The van der Waals surface area contributed by atoms with Crippen LogP contribution in [-0.2, 0) is 6.54 Å². The van der Waals surface area contributed by atoms with E-state index in [9.17, 15) is 0 Å². The van der Waals surface area contributed by atoms with Gasteiger partial charge in [0.25, 0.3) is 0 Å². The van der Waals surface area contributed by atoms with E-state index in [2.05, 4.69) is 41.3 Å². The molecule has 0 saturated carbocycles. The van der Waals surface area contributed by atoms with E-state index in [1.165, 1.54) is 5.56 Å². The summed E-state index contributed by atoms with van der Waals surface area (Å²) in [5, 5.41) is 8.78. The Balaban J connectivity index is 1.61. The molecule has 0 amide bonds. The number of aromatic nitrogens is 5. The SMILES string of the molecule is CC(C)c1ccc(-n2nc3nc(NCc4cccnc4)nc(-c4ccccc4)c3c2N)cc1. The predicted molar refractivity (Wildman–Crippen MR) is 132 cm³/mol. The normalized spacial score (nSPS) is 11.2. The van der Waals surface area contributed by atoms with Gasteiger partial charge in [0, 0.05) is 24.5 Å². The highest BCUT2D eigenvalue weighted by molar-refractivity contribution is 5.99. The van der Waals surface area contributed by atoms with Crippen LogP contribution in [0.3, 0.4) is 0 Å². The fraction of sp³-hybridized carbons (Fsp3) is 0.154. The zero-order valence-corrected chi connectivity index (χ0v) is 18.6. The first-order valence-electron chi connectivity index (χ1n) is 10.9. The molecule has 0 aliphatic rings. The zero-order chi connectivity index (χ0) is 22.8. The molecule has 7 nitrogen and oxygen atoms in total. The molecule has 3 N–H and O–H groups in total. The van der Waals surface area contributed by atoms with E-state index in [0.29, 0.717) is 29.9 Å². The first-order valence-corrected chi connectivity index (χ1v) is 10.9. The van der Waals surface area contributed by atoms with E-state index in [-0.39, 0.29) is 0 Å². The molecule has 164 valence electrons. The van der Waals surface area contributed by atoms with Gasteiger partial charge >= 0.3 is 0 Å². The highest BCUT2D eigenvalue weighted by Gasteiger charge is 2.19. The van der Waals surface area contributed by atoms with Crippen LogP contribution in [0.1, 0.15) is 30.9 Å². The number of hydrogen-bond donors (Lipinski definition) is 2. The molecule has 0 aliphatic carbocycles. The standard InChI is InChI=1S/C26H25N7/c1-17(2)19-10-12-21(13-11-19)33-24(27)22-23(20-8-4-3-5-9-20)30-26(31-25(22)32-33)29-16-18-7-6-14-28-15-18/h3-15,17H,16,27H2,1-2H3,(H,29,31,32). The van der Waals surface area contributed by atoms with Gasteiger partial charge in [-0.15, -0.1) is 5.10 Å². The molecule has 0 fully saturated rings. The Morgan fingerprint density at radius 2 is 1.73 bits per heavy atom. The van der Waals surface area contributed by atoms with Gasteiger partial charge in [-0.3, -0.25) is 4.98 Å². The van der Waals surface area contributed by atoms with Crippen molar-refractivity contribution in [1.29, 1.82) is 0 Å². The van der Waals surface area contributed by atoms with Crippen molar-refractivity contribution in [2.24, 2.45) is 0 Å². The van der Waals surface area contributed by atoms with Crippen molar-refractivity contribution in [3.05, 3.63) is 90.3 Å². The van der Waals surface area contributed by atoms with Crippen LogP contribution in [0.5, 0.6) is 0 Å². The minimum Gasteiger partial charge on any atom is -0.383 e. The molecule has 0 spiro atoms. The quantitative estimate of drug-likeness (QED) is 0.381. The van der Waals surface area contributed by atoms with Gasteiger partial charge in [0.05, 0.1) is 16.8 Å². The highest BCUT2D eigenvalue weighted by atomic mass is 15.3. The van der Waals surface area contributed by atoms with Crippen molar-refractivity contribution < 1.29 is 0 Å². The summed E-state index contributed by atoms with van der Waals surface area (Å²) in [5.74, 6) is 1.46. The van der Waals surface area contributed by atoms with E-state index in [1.54, 1.807) is 10.9 Å². The molecular weight excluding hydrogens is 410 g/mol. The minimum atomic E-state index is 0.456. The third kappa shape index (κ3) is 4.13. The van der Waals surface area contributed by atoms with Crippen molar-refractivity contribution in [1.82, 2.24) is 24.7 Å². The largest absolute Gasteiger partial charge is 0.383 e. The number of rotatable bonds is 6. The maximum absolute atomic E-state index is 6.61. The second-order valence-electron chi connectivity index (χ2n) is 8.22. The van der Waals surface area contributed by atoms with E-state index < -0.39 is 0 Å². The smallest absolute Gasteiger partial charge is 0.225 e. The molecule has 7 heteroatoms. The van der Waals surface area contributed by atoms with E-state index in [4.69, 9.17) is 15.8 Å². The number of nitrogens with zero attached hydrogens (tertiary/aromatic N) is 5. The van der Waals surface area contributed by atoms with Crippen LogP contribution in [0.2, 0.25) is 0 Å². The molecular formula is C26H25N7. The number of nitrogens with one attached hydrogen (secondary N) is 1. The topological polar surface area (TPSA) is 94.5 Å². The van der Waals surface area contributed by atoms with Crippen LogP contribution in [0.15, 0.2) is 79.1 Å². The number of nitrogen functional groups attached to an aromatic ring is 1. The molecule has 3 heterocycles. The molecule has 3 aromatic heterocycles. The van der Waals surface area contributed by atoms with Crippen LogP contribution < -0.4 is 11.1 Å². The van der Waals surface area contributed by atoms with Crippen molar-refractivity contribution in [2.75, 3.05) is 11.1 Å². The first-order chi connectivity index (χ1) is 16.1. The van der Waals surface area contributed by atoms with Crippen LogP contribution in [0.4, 0.5) is 11.8 Å². The Kier molecular flexibility index (Phi) is 5.44. The number of pyridine rings is 1. The monoisotopic (exact) mass is 435 g/mol. The summed E-state index contributed by atoms with van der Waals surface area (Å²) < 4.78 is 1.74. The highest BCUT2D eigenvalue weighted by Crippen LogP contribution is 2.33. The molecule has 0 saturated heterocycles. The molecule has 0 unspecified atom stereocenters. The third-order valence-corrected chi connectivity index (χ3v) is 5.59. The van der Waals surface area contributed by atoms with Crippen LogP contribution in [0, 0.1) is 0 Å². The predicted octanol–water partition coefficient (Wildman–Crippen LogP) is 5.20. The van der Waals surface area contributed by atoms with E-state index in [0.717, 1.165) is 27.9 Å². The average molecular weight is 436 g/mol. The van der Waals surface area contributed by atoms with Gasteiger partial charge in [-0.1, -0.05) is 62.4 Å². The second kappa shape index (κ2) is 8.70. The summed E-state index contributed by atoms with van der Waals surface area (Å²) in [6.07, 6.45) is 3.57. The number of hydrogen-bond acceptors (Lipinski definition) is 6. The Bertz CT molecular complexity index is 1380.